The first-order valence-corrected chi connectivity index (χ1v) is 8.38. The second-order valence-electron chi connectivity index (χ2n) is 5.40. The van der Waals surface area contributed by atoms with Crippen LogP contribution in [0.25, 0.3) is 0 Å². The Bertz CT molecular complexity index is 465. The summed E-state index contributed by atoms with van der Waals surface area (Å²) in [6, 6.07) is -1.48. The molecule has 0 aromatic carbocycles. The summed E-state index contributed by atoms with van der Waals surface area (Å²) in [5.74, 6) is -1.47. The van der Waals surface area contributed by atoms with Gasteiger partial charge in [0.15, 0.2) is 0 Å². The normalized spacial score (nSPS) is 12.6. The van der Waals surface area contributed by atoms with Crippen molar-refractivity contribution < 1.29 is 28.7 Å². The second-order valence-corrected chi connectivity index (χ2v) is 5.40. The molecule has 0 fully saturated rings. The molecule has 0 saturated heterocycles. The molecule has 0 bridgehead atoms. The lowest BCUT2D eigenvalue weighted by Gasteiger charge is -2.14. The third-order valence-electron chi connectivity index (χ3n) is 2.74. The average Bonchev–Trinajstić information content (AvgIpc) is 2.56. The van der Waals surface area contributed by atoms with Crippen LogP contribution in [0.2, 0.25) is 0 Å². The molecular formula is C16H28N4O6. The quantitative estimate of drug-likeness (QED) is 0.316. The van der Waals surface area contributed by atoms with Crippen molar-refractivity contribution in [2.24, 2.45) is 0 Å². The molecule has 10 heteroatoms. The van der Waals surface area contributed by atoms with Crippen molar-refractivity contribution in [3.05, 3.63) is 12.2 Å². The molecule has 10 nitrogen and oxygen atoms in total. The Balaban J connectivity index is 4.02. The Morgan fingerprint density at radius 2 is 1.12 bits per heavy atom. The van der Waals surface area contributed by atoms with E-state index >= 15 is 0 Å². The molecule has 0 unspecified atom stereocenters. The predicted molar refractivity (Wildman–Crippen MR) is 94.4 cm³/mol. The Labute approximate surface area is 153 Å². The Morgan fingerprint density at radius 3 is 1.42 bits per heavy atom. The van der Waals surface area contributed by atoms with Crippen LogP contribution in [0.15, 0.2) is 12.2 Å². The molecule has 4 amide bonds. The number of nitrogens with one attached hydrogen (secondary N) is 4. The van der Waals surface area contributed by atoms with Crippen molar-refractivity contribution in [3.63, 3.8) is 0 Å². The summed E-state index contributed by atoms with van der Waals surface area (Å²) in [6.45, 7) is 7.80. The van der Waals surface area contributed by atoms with E-state index < -0.39 is 11.9 Å². The van der Waals surface area contributed by atoms with Crippen LogP contribution in [0.1, 0.15) is 27.7 Å². The first-order valence-electron chi connectivity index (χ1n) is 8.38. The summed E-state index contributed by atoms with van der Waals surface area (Å²) in [5, 5.41) is 10.3. The van der Waals surface area contributed by atoms with Crippen LogP contribution in [0, 0.1) is 0 Å². The molecule has 2 atom stereocenters. The van der Waals surface area contributed by atoms with E-state index in [0.717, 1.165) is 12.2 Å². The summed E-state index contributed by atoms with van der Waals surface area (Å²) >= 11 is 0. The van der Waals surface area contributed by atoms with Crippen LogP contribution in [-0.4, -0.2) is 62.4 Å². The number of esters is 2. The van der Waals surface area contributed by atoms with Crippen LogP contribution < -0.4 is 21.3 Å². The van der Waals surface area contributed by atoms with E-state index in [4.69, 9.17) is 9.47 Å². The van der Waals surface area contributed by atoms with Crippen LogP contribution in [0.3, 0.4) is 0 Å². The molecule has 0 aliphatic heterocycles. The van der Waals surface area contributed by atoms with Gasteiger partial charge in [-0.05, 0) is 27.7 Å². The maximum atomic E-state index is 11.5. The lowest BCUT2D eigenvalue weighted by molar-refractivity contribution is -0.141. The number of carbonyl (C=O) groups is 4. The summed E-state index contributed by atoms with van der Waals surface area (Å²) in [4.78, 5) is 45.6. The number of ether oxygens (including phenoxy) is 2. The number of hydrogen-bond donors (Lipinski definition) is 4. The van der Waals surface area contributed by atoms with Gasteiger partial charge in [0, 0.05) is 25.2 Å². The van der Waals surface area contributed by atoms with Crippen LogP contribution >= 0.6 is 0 Å². The molecule has 0 heterocycles. The molecule has 0 radical (unpaired) electrons. The first-order chi connectivity index (χ1) is 12.3. The van der Waals surface area contributed by atoms with Crippen molar-refractivity contribution >= 4 is 24.0 Å². The van der Waals surface area contributed by atoms with Crippen molar-refractivity contribution in [2.45, 2.75) is 39.8 Å². The minimum atomic E-state index is -0.736. The molecule has 0 aliphatic carbocycles. The molecule has 26 heavy (non-hydrogen) atoms. The van der Waals surface area contributed by atoms with Gasteiger partial charge in [-0.2, -0.15) is 0 Å². The molecule has 0 aliphatic rings. The molecule has 0 rings (SSSR count). The Hall–Kier alpha value is -2.78. The predicted octanol–water partition coefficient (Wildman–Crippen LogP) is 0.0442. The van der Waals surface area contributed by atoms with E-state index in [9.17, 15) is 19.2 Å². The Morgan fingerprint density at radius 1 is 0.769 bits per heavy atom. The topological polar surface area (TPSA) is 135 Å². The van der Waals surface area contributed by atoms with Gasteiger partial charge < -0.3 is 30.7 Å². The number of urea groups is 2. The van der Waals surface area contributed by atoms with Crippen molar-refractivity contribution in [3.8, 4) is 0 Å². The van der Waals surface area contributed by atoms with Crippen molar-refractivity contribution in [2.75, 3.05) is 26.3 Å². The highest BCUT2D eigenvalue weighted by Gasteiger charge is 2.10. The number of carbonyl (C=O) groups excluding carboxylic acids is 4. The zero-order valence-electron chi connectivity index (χ0n) is 15.6. The number of hydrogen-bond acceptors (Lipinski definition) is 6. The summed E-state index contributed by atoms with van der Waals surface area (Å²) in [6.07, 6.45) is 1.87. The maximum Gasteiger partial charge on any atom is 0.331 e. The van der Waals surface area contributed by atoms with Gasteiger partial charge in [0.1, 0.15) is 13.2 Å². The minimum absolute atomic E-state index is 0.0388. The summed E-state index contributed by atoms with van der Waals surface area (Å²) in [7, 11) is 0. The fraction of sp³-hybridized carbons (Fsp3) is 0.625. The molecule has 0 spiro atoms. The molecule has 0 aromatic heterocycles. The second kappa shape index (κ2) is 13.5. The van der Waals surface area contributed by atoms with Gasteiger partial charge in [-0.15, -0.1) is 0 Å². The SMILES string of the molecule is CCNC(=O)N[C@@H](C)COC(=O)/C=C/C(=O)OC[C@H](C)NC(=O)NCC. The van der Waals surface area contributed by atoms with Gasteiger partial charge in [0.05, 0.1) is 12.1 Å². The highest BCUT2D eigenvalue weighted by Crippen LogP contribution is 1.91. The highest BCUT2D eigenvalue weighted by atomic mass is 16.5. The zero-order chi connectivity index (χ0) is 19.9. The van der Waals surface area contributed by atoms with E-state index in [1.165, 1.54) is 0 Å². The summed E-state index contributed by atoms with van der Waals surface area (Å²) in [5.41, 5.74) is 0. The maximum absolute atomic E-state index is 11.5. The van der Waals surface area contributed by atoms with Gasteiger partial charge in [-0.1, -0.05) is 0 Å². The highest BCUT2D eigenvalue weighted by molar-refractivity contribution is 5.91. The first kappa shape index (κ1) is 23.2. The Kier molecular flexibility index (Phi) is 12.1. The minimum Gasteiger partial charge on any atom is -0.460 e. The van der Waals surface area contributed by atoms with Crippen LogP contribution in [0.4, 0.5) is 9.59 Å². The van der Waals surface area contributed by atoms with E-state index in [0.29, 0.717) is 13.1 Å². The fourth-order valence-corrected chi connectivity index (χ4v) is 1.60. The largest absolute Gasteiger partial charge is 0.460 e. The van der Waals surface area contributed by atoms with Gasteiger partial charge in [-0.3, -0.25) is 0 Å². The number of rotatable bonds is 10. The molecule has 148 valence electrons. The van der Waals surface area contributed by atoms with Gasteiger partial charge >= 0.3 is 24.0 Å². The third-order valence-corrected chi connectivity index (χ3v) is 2.74. The van der Waals surface area contributed by atoms with E-state index in [2.05, 4.69) is 21.3 Å². The van der Waals surface area contributed by atoms with Crippen molar-refractivity contribution in [1.29, 1.82) is 0 Å². The average molecular weight is 372 g/mol. The third kappa shape index (κ3) is 12.6. The van der Waals surface area contributed by atoms with Gasteiger partial charge in [-0.25, -0.2) is 19.2 Å². The standard InChI is InChI=1S/C16H28N4O6/c1-5-17-15(23)19-11(3)9-25-13(21)7-8-14(22)26-10-12(4)20-16(24)18-6-2/h7-8,11-12H,5-6,9-10H2,1-4H3,(H2,17,19,23)(H2,18,20,24)/b8-7+/t11-,12-/m0/s1. The summed E-state index contributed by atoms with van der Waals surface area (Å²) < 4.78 is 9.79. The monoisotopic (exact) mass is 372 g/mol. The molecular weight excluding hydrogens is 344 g/mol. The van der Waals surface area contributed by atoms with E-state index in [1.54, 1.807) is 27.7 Å². The lowest BCUT2D eigenvalue weighted by atomic mass is 10.3. The smallest absolute Gasteiger partial charge is 0.331 e. The van der Waals surface area contributed by atoms with E-state index in [1.807, 2.05) is 0 Å². The molecule has 0 aromatic rings. The lowest BCUT2D eigenvalue weighted by Crippen LogP contribution is -2.43. The van der Waals surface area contributed by atoms with E-state index in [-0.39, 0.29) is 37.4 Å². The fourth-order valence-electron chi connectivity index (χ4n) is 1.60. The number of amides is 4. The van der Waals surface area contributed by atoms with Gasteiger partial charge in [0.2, 0.25) is 0 Å². The van der Waals surface area contributed by atoms with Crippen LogP contribution in [0.5, 0.6) is 0 Å². The zero-order valence-corrected chi connectivity index (χ0v) is 15.6. The van der Waals surface area contributed by atoms with Crippen LogP contribution in [-0.2, 0) is 19.1 Å². The molecule has 0 saturated carbocycles. The van der Waals surface area contributed by atoms with Crippen molar-refractivity contribution in [1.82, 2.24) is 21.3 Å². The molecule has 4 N–H and O–H groups in total. The van der Waals surface area contributed by atoms with Gasteiger partial charge in [0.25, 0.3) is 0 Å².